The van der Waals surface area contributed by atoms with Gasteiger partial charge in [-0.2, -0.15) is 0 Å². The molecule has 0 spiro atoms. The monoisotopic (exact) mass is 294 g/mol. The first-order chi connectivity index (χ1) is 10.1. The van der Waals surface area contributed by atoms with E-state index in [1.807, 2.05) is 0 Å². The summed E-state index contributed by atoms with van der Waals surface area (Å²) in [5.74, 6) is 2.41. The third-order valence-electron chi connectivity index (χ3n) is 6.52. The molecule has 0 radical (unpaired) electrons. The van der Waals surface area contributed by atoms with Gasteiger partial charge in [-0.25, -0.2) is 0 Å². The van der Waals surface area contributed by atoms with Crippen molar-refractivity contribution in [3.63, 3.8) is 0 Å². The standard InChI is InChI=1S/C18H34N2O/c1-14-7-10-20(12-15(14)2)11-8-16-4-3-9-18(16,13-21)19-17-5-6-17/h14-17,19,21H,3-13H2,1-2H3. The van der Waals surface area contributed by atoms with Gasteiger partial charge in [0.05, 0.1) is 6.61 Å². The third-order valence-corrected chi connectivity index (χ3v) is 6.52. The highest BCUT2D eigenvalue weighted by molar-refractivity contribution is 5.03. The summed E-state index contributed by atoms with van der Waals surface area (Å²) in [6.45, 7) is 8.92. The quantitative estimate of drug-likeness (QED) is 0.790. The summed E-state index contributed by atoms with van der Waals surface area (Å²) >= 11 is 0. The number of nitrogens with zero attached hydrogens (tertiary/aromatic N) is 1. The van der Waals surface area contributed by atoms with Crippen LogP contribution in [0.4, 0.5) is 0 Å². The molecule has 0 amide bonds. The Bertz CT molecular complexity index is 344. The molecular formula is C18H34N2O. The predicted molar refractivity (Wildman–Crippen MR) is 87.3 cm³/mol. The van der Waals surface area contributed by atoms with Gasteiger partial charge >= 0.3 is 0 Å². The lowest BCUT2D eigenvalue weighted by Crippen LogP contribution is -2.53. The molecule has 0 bridgehead atoms. The van der Waals surface area contributed by atoms with Gasteiger partial charge in [0.2, 0.25) is 0 Å². The third kappa shape index (κ3) is 3.62. The maximum Gasteiger partial charge on any atom is 0.0616 e. The number of aliphatic hydroxyl groups is 1. The molecule has 2 saturated carbocycles. The smallest absolute Gasteiger partial charge is 0.0616 e. The van der Waals surface area contributed by atoms with Crippen LogP contribution in [-0.2, 0) is 0 Å². The Morgan fingerprint density at radius 1 is 1.14 bits per heavy atom. The first-order valence-electron chi connectivity index (χ1n) is 9.24. The topological polar surface area (TPSA) is 35.5 Å². The SMILES string of the molecule is CC1CCN(CCC2CCCC2(CO)NC2CC2)CC1C. The van der Waals surface area contributed by atoms with E-state index in [4.69, 9.17) is 0 Å². The van der Waals surface area contributed by atoms with Crippen LogP contribution in [0.1, 0.15) is 58.8 Å². The maximum absolute atomic E-state index is 10.0. The number of hydrogen-bond donors (Lipinski definition) is 2. The van der Waals surface area contributed by atoms with Crippen LogP contribution in [0.5, 0.6) is 0 Å². The Morgan fingerprint density at radius 3 is 2.62 bits per heavy atom. The van der Waals surface area contributed by atoms with Crippen molar-refractivity contribution in [1.82, 2.24) is 10.2 Å². The van der Waals surface area contributed by atoms with Gasteiger partial charge in [0, 0.05) is 18.1 Å². The van der Waals surface area contributed by atoms with E-state index in [1.165, 1.54) is 64.6 Å². The Morgan fingerprint density at radius 2 is 1.95 bits per heavy atom. The van der Waals surface area contributed by atoms with Crippen LogP contribution in [0.2, 0.25) is 0 Å². The van der Waals surface area contributed by atoms with Gasteiger partial charge in [-0.15, -0.1) is 0 Å². The van der Waals surface area contributed by atoms with Crippen molar-refractivity contribution in [1.29, 1.82) is 0 Å². The summed E-state index contributed by atoms with van der Waals surface area (Å²) in [6.07, 6.45) is 9.03. The van der Waals surface area contributed by atoms with Crippen molar-refractivity contribution in [2.24, 2.45) is 17.8 Å². The Balaban J connectivity index is 1.51. The molecule has 4 unspecified atom stereocenters. The lowest BCUT2D eigenvalue weighted by Gasteiger charge is -2.39. The lowest BCUT2D eigenvalue weighted by molar-refractivity contribution is 0.0933. The molecule has 122 valence electrons. The van der Waals surface area contributed by atoms with Crippen LogP contribution in [0.25, 0.3) is 0 Å². The van der Waals surface area contributed by atoms with Crippen LogP contribution >= 0.6 is 0 Å². The van der Waals surface area contributed by atoms with Gasteiger partial charge in [-0.3, -0.25) is 0 Å². The Hall–Kier alpha value is -0.120. The summed E-state index contributed by atoms with van der Waals surface area (Å²) in [7, 11) is 0. The zero-order chi connectivity index (χ0) is 14.9. The van der Waals surface area contributed by atoms with E-state index in [-0.39, 0.29) is 5.54 Å². The van der Waals surface area contributed by atoms with Crippen LogP contribution in [0, 0.1) is 17.8 Å². The fourth-order valence-electron chi connectivity index (χ4n) is 4.53. The molecule has 3 fully saturated rings. The Labute approximate surface area is 130 Å². The number of nitrogens with one attached hydrogen (secondary N) is 1. The van der Waals surface area contributed by atoms with E-state index >= 15 is 0 Å². The molecule has 0 aromatic rings. The maximum atomic E-state index is 10.0. The van der Waals surface area contributed by atoms with Crippen molar-refractivity contribution >= 4 is 0 Å². The van der Waals surface area contributed by atoms with Crippen LogP contribution in [0.3, 0.4) is 0 Å². The molecular weight excluding hydrogens is 260 g/mol. The summed E-state index contributed by atoms with van der Waals surface area (Å²) in [5, 5.41) is 13.8. The average molecular weight is 294 g/mol. The number of hydrogen-bond acceptors (Lipinski definition) is 3. The summed E-state index contributed by atoms with van der Waals surface area (Å²) in [4.78, 5) is 2.67. The molecule has 1 saturated heterocycles. The van der Waals surface area contributed by atoms with Gasteiger partial charge in [0.25, 0.3) is 0 Å². The first kappa shape index (κ1) is 15.8. The largest absolute Gasteiger partial charge is 0.394 e. The van der Waals surface area contributed by atoms with Gasteiger partial charge in [0.15, 0.2) is 0 Å². The lowest BCUT2D eigenvalue weighted by atomic mass is 9.84. The zero-order valence-electron chi connectivity index (χ0n) is 14.0. The minimum Gasteiger partial charge on any atom is -0.394 e. The van der Waals surface area contributed by atoms with E-state index in [1.54, 1.807) is 0 Å². The molecule has 2 N–H and O–H groups in total. The molecule has 0 aromatic carbocycles. The second-order valence-electron chi connectivity index (χ2n) is 8.15. The summed E-state index contributed by atoms with van der Waals surface area (Å²) in [6, 6.07) is 0.702. The van der Waals surface area contributed by atoms with E-state index in [0.29, 0.717) is 18.6 Å². The molecule has 3 rings (SSSR count). The van der Waals surface area contributed by atoms with Crippen LogP contribution in [-0.4, -0.2) is 47.8 Å². The summed E-state index contributed by atoms with van der Waals surface area (Å²) in [5.41, 5.74) is 0.0514. The molecule has 4 atom stereocenters. The molecule has 2 aliphatic carbocycles. The van der Waals surface area contributed by atoms with Gasteiger partial charge in [0.1, 0.15) is 0 Å². The molecule has 3 aliphatic rings. The fourth-order valence-corrected chi connectivity index (χ4v) is 4.53. The molecule has 1 aliphatic heterocycles. The van der Waals surface area contributed by atoms with Crippen molar-refractivity contribution in [3.05, 3.63) is 0 Å². The van der Waals surface area contributed by atoms with E-state index in [2.05, 4.69) is 24.1 Å². The van der Waals surface area contributed by atoms with E-state index in [0.717, 1.165) is 11.8 Å². The van der Waals surface area contributed by atoms with Gasteiger partial charge in [-0.05, 0) is 69.4 Å². The highest BCUT2D eigenvalue weighted by Gasteiger charge is 2.45. The summed E-state index contributed by atoms with van der Waals surface area (Å²) < 4.78 is 0. The highest BCUT2D eigenvalue weighted by Crippen LogP contribution is 2.40. The van der Waals surface area contributed by atoms with Gasteiger partial charge in [-0.1, -0.05) is 20.3 Å². The van der Waals surface area contributed by atoms with Crippen LogP contribution < -0.4 is 5.32 Å². The van der Waals surface area contributed by atoms with Crippen LogP contribution in [0.15, 0.2) is 0 Å². The number of piperidine rings is 1. The van der Waals surface area contributed by atoms with Crippen molar-refractivity contribution in [2.75, 3.05) is 26.2 Å². The first-order valence-corrected chi connectivity index (χ1v) is 9.24. The van der Waals surface area contributed by atoms with Crippen molar-refractivity contribution < 1.29 is 5.11 Å². The predicted octanol–water partition coefficient (Wildman–Crippen LogP) is 2.64. The minimum absolute atomic E-state index is 0.0514. The number of likely N-dealkylation sites (tertiary alicyclic amines) is 1. The molecule has 21 heavy (non-hydrogen) atoms. The van der Waals surface area contributed by atoms with E-state index in [9.17, 15) is 5.11 Å². The molecule has 3 heteroatoms. The fraction of sp³-hybridized carbons (Fsp3) is 1.00. The zero-order valence-corrected chi connectivity index (χ0v) is 14.0. The van der Waals surface area contributed by atoms with Crippen molar-refractivity contribution in [2.45, 2.75) is 70.4 Å². The molecule has 0 aromatic heterocycles. The minimum atomic E-state index is 0.0514. The second-order valence-corrected chi connectivity index (χ2v) is 8.15. The average Bonchev–Trinajstić information content (AvgIpc) is 3.20. The normalized spacial score (nSPS) is 41.6. The second kappa shape index (κ2) is 6.55. The molecule has 1 heterocycles. The van der Waals surface area contributed by atoms with Crippen molar-refractivity contribution in [3.8, 4) is 0 Å². The Kier molecular flexibility index (Phi) is 4.92. The highest BCUT2D eigenvalue weighted by atomic mass is 16.3. The van der Waals surface area contributed by atoms with E-state index < -0.39 is 0 Å². The molecule has 3 nitrogen and oxygen atoms in total. The van der Waals surface area contributed by atoms with Gasteiger partial charge < -0.3 is 15.3 Å². The number of aliphatic hydroxyl groups excluding tert-OH is 1. The number of rotatable bonds is 6.